The van der Waals surface area contributed by atoms with Crippen molar-refractivity contribution in [2.75, 3.05) is 26.0 Å². The first-order chi connectivity index (χ1) is 15.5. The highest BCUT2D eigenvalue weighted by atomic mass is 32.2. The average Bonchev–Trinajstić information content (AvgIpc) is 2.76. The predicted octanol–water partition coefficient (Wildman–Crippen LogP) is 1.33. The van der Waals surface area contributed by atoms with E-state index in [1.165, 1.54) is 54.0 Å². The molecule has 0 unspecified atom stereocenters. The average molecular weight is 501 g/mol. The molecule has 2 aromatic carbocycles. The molecule has 0 fully saturated rings. The molecule has 2 rings (SSSR count). The lowest BCUT2D eigenvalue weighted by molar-refractivity contribution is -0.143. The maximum Gasteiger partial charge on any atom is 0.307 e. The molecule has 0 aliphatic rings. The molecule has 0 heterocycles. The van der Waals surface area contributed by atoms with Gasteiger partial charge in [-0.2, -0.15) is 4.31 Å². The van der Waals surface area contributed by atoms with Gasteiger partial charge in [-0.05, 0) is 55.5 Å². The minimum atomic E-state index is -4.20. The molecule has 0 aromatic heterocycles. The van der Waals surface area contributed by atoms with Crippen LogP contribution in [0.1, 0.15) is 13.3 Å². The van der Waals surface area contributed by atoms with Gasteiger partial charge in [0, 0.05) is 12.8 Å². The Hall–Kier alpha value is -3.00. The third-order valence-corrected chi connectivity index (χ3v) is 7.25. The fourth-order valence-electron chi connectivity index (χ4n) is 2.65. The lowest BCUT2D eigenvalue weighted by atomic mass is 10.3. The van der Waals surface area contributed by atoms with Gasteiger partial charge in [-0.3, -0.25) is 14.8 Å². The highest BCUT2D eigenvalue weighted by Gasteiger charge is 2.27. The number of amides is 1. The molecule has 1 amide bonds. The van der Waals surface area contributed by atoms with E-state index in [0.29, 0.717) is 5.75 Å². The minimum absolute atomic E-state index is 0.126. The summed E-state index contributed by atoms with van der Waals surface area (Å²) in [6.07, 6.45) is 0.804. The van der Waals surface area contributed by atoms with Gasteiger partial charge in [0.2, 0.25) is 10.0 Å². The van der Waals surface area contributed by atoms with E-state index in [0.717, 1.165) is 10.6 Å². The van der Waals surface area contributed by atoms with E-state index in [1.807, 2.05) is 0 Å². The number of hydrogen-bond donors (Lipinski definition) is 2. The minimum Gasteiger partial charge on any atom is -0.466 e. The van der Waals surface area contributed by atoms with Crippen molar-refractivity contribution in [1.82, 2.24) is 9.79 Å². The highest BCUT2D eigenvalue weighted by molar-refractivity contribution is 7.90. The van der Waals surface area contributed by atoms with Crippen LogP contribution in [0.5, 0.6) is 11.5 Å². The summed E-state index contributed by atoms with van der Waals surface area (Å²) in [5, 5.41) is 8.76. The normalized spacial score (nSPS) is 11.8. The third-order valence-electron chi connectivity index (χ3n) is 4.26. The topological polar surface area (TPSA) is 156 Å². The zero-order chi connectivity index (χ0) is 24.6. The Balaban J connectivity index is 2.18. The number of sulfone groups is 1. The molecule has 180 valence electrons. The Labute approximate surface area is 191 Å². The maximum absolute atomic E-state index is 13.0. The Morgan fingerprint density at radius 2 is 1.45 bits per heavy atom. The van der Waals surface area contributed by atoms with Gasteiger partial charge in [0.25, 0.3) is 5.91 Å². The van der Waals surface area contributed by atoms with Gasteiger partial charge in [-0.1, -0.05) is 0 Å². The van der Waals surface area contributed by atoms with Crippen molar-refractivity contribution in [3.63, 3.8) is 0 Å². The van der Waals surface area contributed by atoms with E-state index in [9.17, 15) is 26.4 Å². The summed E-state index contributed by atoms with van der Waals surface area (Å²) in [6, 6.07) is 11.0. The molecule has 13 heteroatoms. The number of hydrogen-bond acceptors (Lipinski definition) is 9. The molecular formula is C20H24N2O9S2. The lowest BCUT2D eigenvalue weighted by Crippen LogP contribution is -2.41. The van der Waals surface area contributed by atoms with Gasteiger partial charge in [-0.25, -0.2) is 22.3 Å². The molecule has 11 nitrogen and oxygen atoms in total. The Morgan fingerprint density at radius 3 is 1.91 bits per heavy atom. The number of sulfonamides is 1. The quantitative estimate of drug-likeness (QED) is 0.264. The van der Waals surface area contributed by atoms with Crippen LogP contribution in [0.4, 0.5) is 0 Å². The molecule has 0 aliphatic carbocycles. The second-order valence-electron chi connectivity index (χ2n) is 6.75. The van der Waals surface area contributed by atoms with Crippen molar-refractivity contribution < 1.29 is 41.1 Å². The maximum atomic E-state index is 13.0. The summed E-state index contributed by atoms with van der Waals surface area (Å²) in [4.78, 5) is 23.2. The molecule has 2 N–H and O–H groups in total. The molecule has 0 aliphatic heterocycles. The van der Waals surface area contributed by atoms with E-state index >= 15 is 0 Å². The van der Waals surface area contributed by atoms with Gasteiger partial charge < -0.3 is 9.47 Å². The first-order valence-electron chi connectivity index (χ1n) is 9.64. The second kappa shape index (κ2) is 11.2. The standard InChI is InChI=1S/C20H24N2O9S2/c1-3-30-20(24)12-13-22(14-19(23)21-25)33(28,29)18-10-6-16(7-11-18)31-15-4-8-17(9-5-15)32(2,26)27/h4-11,25H,3,12-14H2,1-2H3,(H,21,23). The highest BCUT2D eigenvalue weighted by Crippen LogP contribution is 2.25. The summed E-state index contributed by atoms with van der Waals surface area (Å²) in [7, 11) is -7.54. The first-order valence-corrected chi connectivity index (χ1v) is 13.0. The van der Waals surface area contributed by atoms with Crippen LogP contribution >= 0.6 is 0 Å². The Kier molecular flexibility index (Phi) is 8.93. The van der Waals surface area contributed by atoms with Crippen LogP contribution in [0.3, 0.4) is 0 Å². The summed E-state index contributed by atoms with van der Waals surface area (Å²) >= 11 is 0. The van der Waals surface area contributed by atoms with Gasteiger partial charge in [0.05, 0.1) is 29.4 Å². The van der Waals surface area contributed by atoms with Crippen LogP contribution in [0.25, 0.3) is 0 Å². The fourth-order valence-corrected chi connectivity index (χ4v) is 4.68. The number of carbonyl (C=O) groups excluding carboxylic acids is 2. The van der Waals surface area contributed by atoms with Crippen LogP contribution in [0, 0.1) is 0 Å². The van der Waals surface area contributed by atoms with Crippen LogP contribution in [0.15, 0.2) is 58.3 Å². The van der Waals surface area contributed by atoms with Crippen molar-refractivity contribution in [2.45, 2.75) is 23.1 Å². The number of nitrogens with one attached hydrogen (secondary N) is 1. The Bertz CT molecular complexity index is 1180. The number of carbonyl (C=O) groups is 2. The molecule has 0 bridgehead atoms. The van der Waals surface area contributed by atoms with Crippen LogP contribution in [-0.4, -0.2) is 64.2 Å². The molecule has 0 radical (unpaired) electrons. The van der Waals surface area contributed by atoms with Gasteiger partial charge >= 0.3 is 5.97 Å². The molecule has 33 heavy (non-hydrogen) atoms. The number of esters is 1. The number of nitrogens with zero attached hydrogens (tertiary/aromatic N) is 1. The van der Waals surface area contributed by atoms with E-state index in [2.05, 4.69) is 0 Å². The monoisotopic (exact) mass is 500 g/mol. The predicted molar refractivity (Wildman–Crippen MR) is 116 cm³/mol. The summed E-state index contributed by atoms with van der Waals surface area (Å²) in [6.45, 7) is 0.694. The van der Waals surface area contributed by atoms with Crippen molar-refractivity contribution in [2.24, 2.45) is 0 Å². The fraction of sp³-hybridized carbons (Fsp3) is 0.300. The van der Waals surface area contributed by atoms with Gasteiger partial charge in [0.15, 0.2) is 9.84 Å². The SMILES string of the molecule is CCOC(=O)CCN(CC(=O)NO)S(=O)(=O)c1ccc(Oc2ccc(S(C)(=O)=O)cc2)cc1. The van der Waals surface area contributed by atoms with Gasteiger partial charge in [0.1, 0.15) is 11.5 Å². The molecule has 0 atom stereocenters. The van der Waals surface area contributed by atoms with Crippen LogP contribution < -0.4 is 10.2 Å². The molecule has 2 aromatic rings. The summed E-state index contributed by atoms with van der Waals surface area (Å²) in [5.41, 5.74) is 1.36. The number of ether oxygens (including phenoxy) is 2. The number of benzene rings is 2. The van der Waals surface area contributed by atoms with E-state index in [1.54, 1.807) is 6.92 Å². The van der Waals surface area contributed by atoms with Crippen molar-refractivity contribution in [3.8, 4) is 11.5 Å². The first kappa shape index (κ1) is 26.3. The van der Waals surface area contributed by atoms with Gasteiger partial charge in [-0.15, -0.1) is 0 Å². The van der Waals surface area contributed by atoms with E-state index in [4.69, 9.17) is 14.7 Å². The molecular weight excluding hydrogens is 476 g/mol. The smallest absolute Gasteiger partial charge is 0.307 e. The van der Waals surface area contributed by atoms with Crippen LogP contribution in [-0.2, 0) is 34.2 Å². The molecule has 0 saturated heterocycles. The summed E-state index contributed by atoms with van der Waals surface area (Å²) in [5.74, 6) is -0.978. The van der Waals surface area contributed by atoms with Crippen molar-refractivity contribution >= 4 is 31.7 Å². The lowest BCUT2D eigenvalue weighted by Gasteiger charge is -2.21. The Morgan fingerprint density at radius 1 is 0.939 bits per heavy atom. The zero-order valence-electron chi connectivity index (χ0n) is 17.9. The third kappa shape index (κ3) is 7.53. The van der Waals surface area contributed by atoms with Crippen molar-refractivity contribution in [3.05, 3.63) is 48.5 Å². The van der Waals surface area contributed by atoms with Crippen molar-refractivity contribution in [1.29, 1.82) is 0 Å². The largest absolute Gasteiger partial charge is 0.466 e. The molecule has 0 saturated carbocycles. The number of rotatable bonds is 11. The second-order valence-corrected chi connectivity index (χ2v) is 10.7. The summed E-state index contributed by atoms with van der Waals surface area (Å²) < 4.78 is 60.1. The zero-order valence-corrected chi connectivity index (χ0v) is 19.6. The van der Waals surface area contributed by atoms with E-state index in [-0.39, 0.29) is 35.1 Å². The van der Waals surface area contributed by atoms with E-state index < -0.39 is 38.3 Å². The molecule has 0 spiro atoms. The van der Waals surface area contributed by atoms with Crippen LogP contribution in [0.2, 0.25) is 0 Å². The number of hydroxylamine groups is 1.